The van der Waals surface area contributed by atoms with Crippen molar-refractivity contribution < 1.29 is 18.7 Å². The van der Waals surface area contributed by atoms with E-state index in [1.807, 2.05) is 0 Å². The van der Waals surface area contributed by atoms with E-state index in [0.29, 0.717) is 18.0 Å². The molecule has 132 valence electrons. The Kier molecular flexibility index (Phi) is 6.79. The van der Waals surface area contributed by atoms with Crippen molar-refractivity contribution in [2.24, 2.45) is 0 Å². The van der Waals surface area contributed by atoms with Gasteiger partial charge in [-0.05, 0) is 49.2 Å². The molecule has 4 nitrogen and oxygen atoms in total. The van der Waals surface area contributed by atoms with Crippen LogP contribution in [0.3, 0.4) is 0 Å². The Morgan fingerprint density at radius 1 is 1.16 bits per heavy atom. The summed E-state index contributed by atoms with van der Waals surface area (Å²) >= 11 is 11.7. The number of rotatable bonds is 6. The summed E-state index contributed by atoms with van der Waals surface area (Å²) in [6.07, 6.45) is -0.442. The van der Waals surface area contributed by atoms with Crippen molar-refractivity contribution in [3.05, 3.63) is 69.5 Å². The minimum Gasteiger partial charge on any atom is -0.449 e. The zero-order chi connectivity index (χ0) is 18.4. The second-order valence-corrected chi connectivity index (χ2v) is 6.18. The van der Waals surface area contributed by atoms with Crippen LogP contribution in [0.1, 0.15) is 22.8 Å². The molecule has 0 aliphatic carbocycles. The topological polar surface area (TPSA) is 55.4 Å². The summed E-state index contributed by atoms with van der Waals surface area (Å²) in [5.74, 6) is -1.45. The highest BCUT2D eigenvalue weighted by Crippen LogP contribution is 2.22. The van der Waals surface area contributed by atoms with E-state index in [1.54, 1.807) is 12.1 Å². The van der Waals surface area contributed by atoms with E-state index in [-0.39, 0.29) is 16.4 Å². The van der Waals surface area contributed by atoms with E-state index in [0.717, 1.165) is 5.56 Å². The van der Waals surface area contributed by atoms with Crippen LogP contribution in [0.25, 0.3) is 0 Å². The maximum absolute atomic E-state index is 12.8. The van der Waals surface area contributed by atoms with E-state index < -0.39 is 18.0 Å². The Morgan fingerprint density at radius 2 is 1.84 bits per heavy atom. The number of benzene rings is 2. The summed E-state index contributed by atoms with van der Waals surface area (Å²) in [5.41, 5.74) is 1.02. The van der Waals surface area contributed by atoms with E-state index in [2.05, 4.69) is 5.32 Å². The number of ether oxygens (including phenoxy) is 1. The number of hydrogen-bond donors (Lipinski definition) is 1. The lowest BCUT2D eigenvalue weighted by Gasteiger charge is -2.14. The summed E-state index contributed by atoms with van der Waals surface area (Å²) in [6.45, 7) is 1.81. The fourth-order valence-electron chi connectivity index (χ4n) is 2.06. The highest BCUT2D eigenvalue weighted by atomic mass is 35.5. The molecule has 0 fully saturated rings. The zero-order valence-corrected chi connectivity index (χ0v) is 14.9. The fraction of sp³-hybridized carbons (Fsp3) is 0.222. The average Bonchev–Trinajstić information content (AvgIpc) is 2.56. The number of esters is 1. The van der Waals surface area contributed by atoms with E-state index in [9.17, 15) is 14.0 Å². The van der Waals surface area contributed by atoms with Crippen LogP contribution in [-0.2, 0) is 16.0 Å². The monoisotopic (exact) mass is 383 g/mol. The van der Waals surface area contributed by atoms with Crippen molar-refractivity contribution in [1.82, 2.24) is 5.32 Å². The molecule has 0 bridgehead atoms. The van der Waals surface area contributed by atoms with Crippen LogP contribution >= 0.6 is 23.2 Å². The molecule has 2 aromatic rings. The number of carbonyl (C=O) groups excluding carboxylic acids is 2. The summed E-state index contributed by atoms with van der Waals surface area (Å²) < 4.78 is 17.9. The van der Waals surface area contributed by atoms with Gasteiger partial charge in [-0.15, -0.1) is 0 Å². The van der Waals surface area contributed by atoms with Gasteiger partial charge in [0.25, 0.3) is 5.91 Å². The van der Waals surface area contributed by atoms with E-state index in [4.69, 9.17) is 27.9 Å². The summed E-state index contributed by atoms with van der Waals surface area (Å²) in [6, 6.07) is 10.4. The number of hydrogen-bond acceptors (Lipinski definition) is 3. The SMILES string of the molecule is C[C@@H](OC(=O)c1ccc(Cl)cc1Cl)C(=O)NCCc1ccc(F)cc1. The van der Waals surface area contributed by atoms with Gasteiger partial charge in [0, 0.05) is 11.6 Å². The van der Waals surface area contributed by atoms with Crippen LogP contribution in [0.2, 0.25) is 10.0 Å². The van der Waals surface area contributed by atoms with Crippen LogP contribution in [0.4, 0.5) is 4.39 Å². The van der Waals surface area contributed by atoms with Crippen molar-refractivity contribution in [3.8, 4) is 0 Å². The van der Waals surface area contributed by atoms with Gasteiger partial charge in [0.2, 0.25) is 0 Å². The average molecular weight is 384 g/mol. The van der Waals surface area contributed by atoms with Gasteiger partial charge < -0.3 is 10.1 Å². The molecule has 0 saturated carbocycles. The molecule has 25 heavy (non-hydrogen) atoms. The van der Waals surface area contributed by atoms with Crippen LogP contribution in [0.5, 0.6) is 0 Å². The van der Waals surface area contributed by atoms with Crippen LogP contribution in [-0.4, -0.2) is 24.5 Å². The lowest BCUT2D eigenvalue weighted by molar-refractivity contribution is -0.129. The van der Waals surface area contributed by atoms with Gasteiger partial charge in [0.05, 0.1) is 10.6 Å². The van der Waals surface area contributed by atoms with Crippen molar-refractivity contribution in [3.63, 3.8) is 0 Å². The Balaban J connectivity index is 1.83. The molecular weight excluding hydrogens is 368 g/mol. The Labute approximate surface area is 154 Å². The molecule has 0 aliphatic heterocycles. The lowest BCUT2D eigenvalue weighted by atomic mass is 10.1. The first-order chi connectivity index (χ1) is 11.9. The van der Waals surface area contributed by atoms with E-state index >= 15 is 0 Å². The molecule has 0 aromatic heterocycles. The Hall–Kier alpha value is -2.11. The highest BCUT2D eigenvalue weighted by molar-refractivity contribution is 6.36. The van der Waals surface area contributed by atoms with Gasteiger partial charge in [-0.2, -0.15) is 0 Å². The van der Waals surface area contributed by atoms with Gasteiger partial charge in [0.1, 0.15) is 5.82 Å². The van der Waals surface area contributed by atoms with Gasteiger partial charge in [0.15, 0.2) is 6.10 Å². The quantitative estimate of drug-likeness (QED) is 0.765. The molecule has 0 spiro atoms. The fourth-order valence-corrected chi connectivity index (χ4v) is 2.54. The molecule has 0 heterocycles. The first-order valence-electron chi connectivity index (χ1n) is 7.55. The third kappa shape index (κ3) is 5.73. The molecule has 2 aromatic carbocycles. The predicted octanol–water partition coefficient (Wildman–Crippen LogP) is 4.04. The molecule has 0 unspecified atom stereocenters. The first kappa shape index (κ1) is 19.2. The van der Waals surface area contributed by atoms with Crippen molar-refractivity contribution >= 4 is 35.1 Å². The second kappa shape index (κ2) is 8.83. The zero-order valence-electron chi connectivity index (χ0n) is 13.4. The van der Waals surface area contributed by atoms with Gasteiger partial charge in [-0.25, -0.2) is 9.18 Å². The largest absolute Gasteiger partial charge is 0.449 e. The minimum atomic E-state index is -0.979. The summed E-state index contributed by atoms with van der Waals surface area (Å²) in [4.78, 5) is 24.0. The normalized spacial score (nSPS) is 11.7. The number of carbonyl (C=O) groups is 2. The predicted molar refractivity (Wildman–Crippen MR) is 94.5 cm³/mol. The van der Waals surface area contributed by atoms with Crippen molar-refractivity contribution in [2.75, 3.05) is 6.54 Å². The number of amides is 1. The van der Waals surface area contributed by atoms with Crippen LogP contribution in [0, 0.1) is 5.82 Å². The number of nitrogens with one attached hydrogen (secondary N) is 1. The standard InChI is InChI=1S/C18H16Cl2FNO3/c1-11(25-18(24)15-7-4-13(19)10-16(15)20)17(23)22-9-8-12-2-5-14(21)6-3-12/h2-7,10-11H,8-9H2,1H3,(H,22,23)/t11-/m1/s1. The molecule has 0 saturated heterocycles. The summed E-state index contributed by atoms with van der Waals surface area (Å²) in [5, 5.41) is 3.21. The summed E-state index contributed by atoms with van der Waals surface area (Å²) in [7, 11) is 0. The van der Waals surface area contributed by atoms with Gasteiger partial charge in [-0.3, -0.25) is 4.79 Å². The molecule has 1 N–H and O–H groups in total. The van der Waals surface area contributed by atoms with Crippen LogP contribution < -0.4 is 5.32 Å². The molecular formula is C18H16Cl2FNO3. The first-order valence-corrected chi connectivity index (χ1v) is 8.30. The molecule has 0 aliphatic rings. The lowest BCUT2D eigenvalue weighted by Crippen LogP contribution is -2.36. The van der Waals surface area contributed by atoms with Crippen molar-refractivity contribution in [2.45, 2.75) is 19.4 Å². The van der Waals surface area contributed by atoms with Crippen LogP contribution in [0.15, 0.2) is 42.5 Å². The second-order valence-electron chi connectivity index (χ2n) is 5.34. The smallest absolute Gasteiger partial charge is 0.340 e. The third-order valence-corrected chi connectivity index (χ3v) is 3.98. The Bertz CT molecular complexity index is 765. The van der Waals surface area contributed by atoms with Crippen molar-refractivity contribution in [1.29, 1.82) is 0 Å². The van der Waals surface area contributed by atoms with Gasteiger partial charge in [-0.1, -0.05) is 35.3 Å². The van der Waals surface area contributed by atoms with E-state index in [1.165, 1.54) is 37.3 Å². The maximum atomic E-state index is 12.8. The molecule has 0 radical (unpaired) electrons. The number of halogens is 3. The highest BCUT2D eigenvalue weighted by Gasteiger charge is 2.20. The molecule has 1 amide bonds. The Morgan fingerprint density at radius 3 is 2.48 bits per heavy atom. The minimum absolute atomic E-state index is 0.136. The third-order valence-electron chi connectivity index (χ3n) is 3.43. The van der Waals surface area contributed by atoms with Gasteiger partial charge >= 0.3 is 5.97 Å². The molecule has 2 rings (SSSR count). The maximum Gasteiger partial charge on any atom is 0.340 e. The molecule has 7 heteroatoms. The molecule has 1 atom stereocenters.